The molecule has 2 aromatic rings. The maximum Gasteiger partial charge on any atom is 0.212 e. The van der Waals surface area contributed by atoms with Gasteiger partial charge in [-0.3, -0.25) is 0 Å². The summed E-state index contributed by atoms with van der Waals surface area (Å²) in [6.45, 7) is 4.63. The Hall–Kier alpha value is -0.940. The molecule has 76 valence electrons. The molecule has 2 rings (SSSR count). The highest BCUT2D eigenvalue weighted by molar-refractivity contribution is 7.16. The molecule has 0 spiro atoms. The van der Waals surface area contributed by atoms with Gasteiger partial charge in [0.15, 0.2) is 0 Å². The van der Waals surface area contributed by atoms with Gasteiger partial charge in [0.2, 0.25) is 4.96 Å². The molecule has 0 unspecified atom stereocenters. The normalized spacial score (nSPS) is 11.4. The van der Waals surface area contributed by atoms with Gasteiger partial charge in [0.1, 0.15) is 5.01 Å². The van der Waals surface area contributed by atoms with Crippen molar-refractivity contribution in [3.63, 3.8) is 0 Å². The molecule has 0 aromatic carbocycles. The number of aryl methyl sites for hydroxylation is 2. The van der Waals surface area contributed by atoms with Crippen LogP contribution in [0.2, 0.25) is 0 Å². The van der Waals surface area contributed by atoms with E-state index in [9.17, 15) is 0 Å². The molecular weight excluding hydrogens is 196 g/mol. The second-order valence-corrected chi connectivity index (χ2v) is 4.33. The number of hydrogen-bond donors (Lipinski definition) is 1. The van der Waals surface area contributed by atoms with Crippen LogP contribution in [0.5, 0.6) is 0 Å². The second kappa shape index (κ2) is 3.67. The molecule has 5 heteroatoms. The molecule has 0 atom stereocenters. The van der Waals surface area contributed by atoms with Crippen molar-refractivity contribution in [1.29, 1.82) is 0 Å². The summed E-state index contributed by atoms with van der Waals surface area (Å²) in [5.74, 6) is 0. The van der Waals surface area contributed by atoms with Crippen LogP contribution in [0.25, 0.3) is 4.96 Å². The highest BCUT2D eigenvalue weighted by atomic mass is 32.1. The molecule has 0 bridgehead atoms. The van der Waals surface area contributed by atoms with Crippen molar-refractivity contribution in [1.82, 2.24) is 14.6 Å². The van der Waals surface area contributed by atoms with Gasteiger partial charge < -0.3 is 5.73 Å². The summed E-state index contributed by atoms with van der Waals surface area (Å²) in [5.41, 5.74) is 7.67. The number of rotatable bonds is 3. The Kier molecular flexibility index (Phi) is 2.52. The number of aromatic nitrogens is 3. The highest BCUT2D eigenvalue weighted by Crippen LogP contribution is 2.18. The van der Waals surface area contributed by atoms with Gasteiger partial charge in [-0.1, -0.05) is 18.3 Å². The van der Waals surface area contributed by atoms with Gasteiger partial charge in [-0.15, -0.1) is 0 Å². The van der Waals surface area contributed by atoms with E-state index < -0.39 is 0 Å². The van der Waals surface area contributed by atoms with Crippen LogP contribution in [0, 0.1) is 6.92 Å². The summed E-state index contributed by atoms with van der Waals surface area (Å²) in [6.07, 6.45) is 2.14. The van der Waals surface area contributed by atoms with E-state index in [1.807, 2.05) is 11.4 Å². The first-order chi connectivity index (χ1) is 6.76. The standard InChI is InChI=1S/C9H14N4S/c1-3-4-8-12-13-7(5-10)6(2)11-9(13)14-8/h3-5,10H2,1-2H3. The Bertz CT molecular complexity index is 443. The predicted octanol–water partition coefficient (Wildman–Crippen LogP) is 1.51. The highest BCUT2D eigenvalue weighted by Gasteiger charge is 2.11. The number of nitrogens with zero attached hydrogens (tertiary/aromatic N) is 3. The molecule has 0 fully saturated rings. The van der Waals surface area contributed by atoms with Crippen molar-refractivity contribution in [3.8, 4) is 0 Å². The predicted molar refractivity (Wildman–Crippen MR) is 57.5 cm³/mol. The van der Waals surface area contributed by atoms with Gasteiger partial charge in [-0.05, 0) is 13.3 Å². The van der Waals surface area contributed by atoms with Crippen molar-refractivity contribution in [2.24, 2.45) is 5.73 Å². The summed E-state index contributed by atoms with van der Waals surface area (Å²) in [4.78, 5) is 5.39. The van der Waals surface area contributed by atoms with Crippen LogP contribution in [0.3, 0.4) is 0 Å². The van der Waals surface area contributed by atoms with Crippen molar-refractivity contribution in [2.45, 2.75) is 33.2 Å². The molecule has 2 aromatic heterocycles. The van der Waals surface area contributed by atoms with Crippen LogP contribution in [-0.4, -0.2) is 14.6 Å². The fourth-order valence-electron chi connectivity index (χ4n) is 1.48. The molecule has 0 saturated heterocycles. The van der Waals surface area contributed by atoms with E-state index in [0.29, 0.717) is 6.54 Å². The SMILES string of the molecule is CCCc1nn2c(CN)c(C)nc2s1. The Morgan fingerprint density at radius 1 is 1.50 bits per heavy atom. The third-order valence-corrected chi connectivity index (χ3v) is 3.16. The van der Waals surface area contributed by atoms with Crippen molar-refractivity contribution < 1.29 is 0 Å². The smallest absolute Gasteiger partial charge is 0.212 e. The van der Waals surface area contributed by atoms with Crippen LogP contribution >= 0.6 is 11.3 Å². The molecule has 0 saturated carbocycles. The minimum absolute atomic E-state index is 0.502. The Balaban J connectivity index is 2.51. The van der Waals surface area contributed by atoms with Gasteiger partial charge in [0.05, 0.1) is 11.4 Å². The number of nitrogens with two attached hydrogens (primary N) is 1. The molecule has 0 aliphatic carbocycles. The number of imidazole rings is 1. The monoisotopic (exact) mass is 210 g/mol. The molecular formula is C9H14N4S. The lowest BCUT2D eigenvalue weighted by Crippen LogP contribution is -2.03. The first kappa shape index (κ1) is 9.61. The zero-order chi connectivity index (χ0) is 10.1. The van der Waals surface area contributed by atoms with E-state index in [1.54, 1.807) is 11.3 Å². The van der Waals surface area contributed by atoms with Gasteiger partial charge in [0, 0.05) is 13.0 Å². The van der Waals surface area contributed by atoms with E-state index in [2.05, 4.69) is 17.0 Å². The lowest BCUT2D eigenvalue weighted by atomic mass is 10.3. The van der Waals surface area contributed by atoms with E-state index in [4.69, 9.17) is 5.73 Å². The van der Waals surface area contributed by atoms with E-state index in [0.717, 1.165) is 34.2 Å². The van der Waals surface area contributed by atoms with Gasteiger partial charge in [-0.25, -0.2) is 9.50 Å². The van der Waals surface area contributed by atoms with Crippen LogP contribution in [-0.2, 0) is 13.0 Å². The van der Waals surface area contributed by atoms with Crippen LogP contribution in [0.4, 0.5) is 0 Å². The van der Waals surface area contributed by atoms with Crippen molar-refractivity contribution in [2.75, 3.05) is 0 Å². The summed E-state index contributed by atoms with van der Waals surface area (Å²) in [6, 6.07) is 0. The number of hydrogen-bond acceptors (Lipinski definition) is 4. The van der Waals surface area contributed by atoms with Gasteiger partial charge in [0.25, 0.3) is 0 Å². The van der Waals surface area contributed by atoms with E-state index in [1.165, 1.54) is 0 Å². The molecule has 14 heavy (non-hydrogen) atoms. The molecule has 0 radical (unpaired) electrons. The van der Waals surface area contributed by atoms with Crippen LogP contribution in [0.1, 0.15) is 29.7 Å². The van der Waals surface area contributed by atoms with Crippen molar-refractivity contribution >= 4 is 16.3 Å². The Morgan fingerprint density at radius 2 is 2.29 bits per heavy atom. The summed E-state index contributed by atoms with van der Waals surface area (Å²) in [5, 5.41) is 5.63. The summed E-state index contributed by atoms with van der Waals surface area (Å²) >= 11 is 1.66. The number of fused-ring (bicyclic) bond motifs is 1. The fourth-order valence-corrected chi connectivity index (χ4v) is 2.54. The topological polar surface area (TPSA) is 56.2 Å². The molecule has 2 N–H and O–H groups in total. The van der Waals surface area contributed by atoms with E-state index in [-0.39, 0.29) is 0 Å². The Morgan fingerprint density at radius 3 is 2.93 bits per heavy atom. The molecule has 0 amide bonds. The lowest BCUT2D eigenvalue weighted by Gasteiger charge is -1.93. The largest absolute Gasteiger partial charge is 0.325 e. The quantitative estimate of drug-likeness (QED) is 0.835. The molecule has 0 aliphatic rings. The molecule has 4 nitrogen and oxygen atoms in total. The van der Waals surface area contributed by atoms with Crippen LogP contribution < -0.4 is 5.73 Å². The van der Waals surface area contributed by atoms with Crippen LogP contribution in [0.15, 0.2) is 0 Å². The maximum atomic E-state index is 5.65. The first-order valence-corrected chi connectivity index (χ1v) is 5.62. The van der Waals surface area contributed by atoms with Gasteiger partial charge in [-0.2, -0.15) is 5.10 Å². The third kappa shape index (κ3) is 1.42. The zero-order valence-corrected chi connectivity index (χ0v) is 9.27. The minimum Gasteiger partial charge on any atom is -0.325 e. The zero-order valence-electron chi connectivity index (χ0n) is 8.45. The summed E-state index contributed by atoms with van der Waals surface area (Å²) < 4.78 is 1.88. The third-order valence-electron chi connectivity index (χ3n) is 2.20. The Labute approximate surface area is 86.8 Å². The summed E-state index contributed by atoms with van der Waals surface area (Å²) in [7, 11) is 0. The second-order valence-electron chi connectivity index (χ2n) is 3.29. The lowest BCUT2D eigenvalue weighted by molar-refractivity contribution is 0.806. The first-order valence-electron chi connectivity index (χ1n) is 4.80. The van der Waals surface area contributed by atoms with Crippen molar-refractivity contribution in [3.05, 3.63) is 16.4 Å². The average molecular weight is 210 g/mol. The molecule has 0 aliphatic heterocycles. The fraction of sp³-hybridized carbons (Fsp3) is 0.556. The average Bonchev–Trinajstić information content (AvgIpc) is 2.61. The minimum atomic E-state index is 0.502. The maximum absolute atomic E-state index is 5.65. The van der Waals surface area contributed by atoms with Gasteiger partial charge >= 0.3 is 0 Å². The van der Waals surface area contributed by atoms with E-state index >= 15 is 0 Å². The molecule has 2 heterocycles.